The van der Waals surface area contributed by atoms with Gasteiger partial charge in [0.15, 0.2) is 0 Å². The first kappa shape index (κ1) is 13.5. The molecule has 0 aliphatic rings. The van der Waals surface area contributed by atoms with Crippen LogP contribution in [0.1, 0.15) is 5.56 Å². The third-order valence-electron chi connectivity index (χ3n) is 3.74. The smallest absolute Gasteiger partial charge is 0.144 e. The number of pyridine rings is 2. The van der Waals surface area contributed by atoms with E-state index in [0.717, 1.165) is 34.1 Å². The Bertz CT molecular complexity index is 957. The summed E-state index contributed by atoms with van der Waals surface area (Å²) < 4.78 is 2.05. The SMILES string of the molecule is Cc1ccnc(Nc2c(-c3ccccc3)nc3ccccn23)c1. The van der Waals surface area contributed by atoms with E-state index in [4.69, 9.17) is 4.98 Å². The summed E-state index contributed by atoms with van der Waals surface area (Å²) in [7, 11) is 0. The van der Waals surface area contributed by atoms with E-state index in [1.165, 1.54) is 0 Å². The van der Waals surface area contributed by atoms with E-state index >= 15 is 0 Å². The molecule has 0 saturated carbocycles. The fourth-order valence-electron chi connectivity index (χ4n) is 2.64. The summed E-state index contributed by atoms with van der Waals surface area (Å²) in [5.74, 6) is 1.73. The lowest BCUT2D eigenvalue weighted by atomic mass is 10.1. The van der Waals surface area contributed by atoms with Gasteiger partial charge in [-0.2, -0.15) is 0 Å². The average molecular weight is 300 g/mol. The van der Waals surface area contributed by atoms with Gasteiger partial charge in [-0.15, -0.1) is 0 Å². The Kier molecular flexibility index (Phi) is 3.27. The number of fused-ring (bicyclic) bond motifs is 1. The third-order valence-corrected chi connectivity index (χ3v) is 3.74. The lowest BCUT2D eigenvalue weighted by molar-refractivity contribution is 1.17. The van der Waals surface area contributed by atoms with Gasteiger partial charge in [0.05, 0.1) is 0 Å². The van der Waals surface area contributed by atoms with Crippen LogP contribution in [0.15, 0.2) is 73.1 Å². The van der Waals surface area contributed by atoms with Crippen molar-refractivity contribution < 1.29 is 0 Å². The maximum Gasteiger partial charge on any atom is 0.144 e. The van der Waals surface area contributed by atoms with E-state index in [0.29, 0.717) is 0 Å². The van der Waals surface area contributed by atoms with Crippen molar-refractivity contribution >= 4 is 17.3 Å². The fourth-order valence-corrected chi connectivity index (χ4v) is 2.64. The van der Waals surface area contributed by atoms with Crippen molar-refractivity contribution in [2.75, 3.05) is 5.32 Å². The highest BCUT2D eigenvalue weighted by atomic mass is 15.2. The van der Waals surface area contributed by atoms with Crippen LogP contribution in [-0.2, 0) is 0 Å². The minimum absolute atomic E-state index is 0.813. The molecule has 0 radical (unpaired) electrons. The molecule has 0 amide bonds. The molecule has 4 aromatic rings. The van der Waals surface area contributed by atoms with Crippen LogP contribution in [0.5, 0.6) is 0 Å². The summed E-state index contributed by atoms with van der Waals surface area (Å²) in [5.41, 5.74) is 4.06. The van der Waals surface area contributed by atoms with Gasteiger partial charge in [-0.1, -0.05) is 36.4 Å². The Balaban J connectivity index is 1.89. The highest BCUT2D eigenvalue weighted by molar-refractivity contribution is 5.79. The predicted octanol–water partition coefficient (Wildman–Crippen LogP) is 4.45. The number of aromatic nitrogens is 3. The standard InChI is InChI=1S/C19H16N4/c1-14-10-11-20-16(13-14)21-19-18(15-7-3-2-4-8-15)22-17-9-5-6-12-23(17)19/h2-13H,1H3,(H,20,21). The fraction of sp³-hybridized carbons (Fsp3) is 0.0526. The van der Waals surface area contributed by atoms with Gasteiger partial charge in [0, 0.05) is 18.0 Å². The molecule has 112 valence electrons. The average Bonchev–Trinajstić information content (AvgIpc) is 2.95. The van der Waals surface area contributed by atoms with Crippen LogP contribution in [0, 0.1) is 6.92 Å². The zero-order chi connectivity index (χ0) is 15.6. The number of benzene rings is 1. The van der Waals surface area contributed by atoms with Gasteiger partial charge in [-0.25, -0.2) is 9.97 Å². The van der Waals surface area contributed by atoms with E-state index in [1.54, 1.807) is 0 Å². The quantitative estimate of drug-likeness (QED) is 0.608. The van der Waals surface area contributed by atoms with Crippen molar-refractivity contribution in [2.24, 2.45) is 0 Å². The van der Waals surface area contributed by atoms with Crippen LogP contribution < -0.4 is 5.32 Å². The second kappa shape index (κ2) is 5.57. The van der Waals surface area contributed by atoms with Crippen LogP contribution in [0.3, 0.4) is 0 Å². The van der Waals surface area contributed by atoms with Gasteiger partial charge in [0.1, 0.15) is 23.0 Å². The molecule has 4 rings (SSSR count). The van der Waals surface area contributed by atoms with Crippen LogP contribution in [-0.4, -0.2) is 14.4 Å². The zero-order valence-electron chi connectivity index (χ0n) is 12.8. The summed E-state index contributed by atoms with van der Waals surface area (Å²) in [6, 6.07) is 20.2. The molecule has 0 fully saturated rings. The third kappa shape index (κ3) is 2.55. The van der Waals surface area contributed by atoms with Crippen LogP contribution in [0.4, 0.5) is 11.6 Å². The van der Waals surface area contributed by atoms with Gasteiger partial charge in [-0.05, 0) is 36.8 Å². The molecule has 3 heterocycles. The molecule has 0 saturated heterocycles. The maximum absolute atomic E-state index is 4.77. The maximum atomic E-state index is 4.77. The second-order valence-electron chi connectivity index (χ2n) is 5.45. The van der Waals surface area contributed by atoms with Gasteiger partial charge in [0.2, 0.25) is 0 Å². The topological polar surface area (TPSA) is 42.2 Å². The minimum atomic E-state index is 0.813. The first-order valence-corrected chi connectivity index (χ1v) is 7.53. The largest absolute Gasteiger partial charge is 0.324 e. The van der Waals surface area contributed by atoms with E-state index in [2.05, 4.69) is 29.4 Å². The molecule has 0 unspecified atom stereocenters. The molecule has 0 atom stereocenters. The molecule has 23 heavy (non-hydrogen) atoms. The lowest BCUT2D eigenvalue weighted by Crippen LogP contribution is -1.98. The predicted molar refractivity (Wildman–Crippen MR) is 92.9 cm³/mol. The Hall–Kier alpha value is -3.14. The molecule has 4 heteroatoms. The van der Waals surface area contributed by atoms with Crippen LogP contribution >= 0.6 is 0 Å². The monoisotopic (exact) mass is 300 g/mol. The number of nitrogens with zero attached hydrogens (tertiary/aromatic N) is 3. The summed E-state index contributed by atoms with van der Waals surface area (Å²) in [6.45, 7) is 2.06. The number of hydrogen-bond acceptors (Lipinski definition) is 3. The molecule has 0 bridgehead atoms. The molecular formula is C19H16N4. The van der Waals surface area contributed by atoms with Crippen molar-refractivity contribution in [3.05, 3.63) is 78.6 Å². The van der Waals surface area contributed by atoms with Crippen molar-refractivity contribution in [2.45, 2.75) is 6.92 Å². The van der Waals surface area contributed by atoms with Gasteiger partial charge in [-0.3, -0.25) is 4.40 Å². The highest BCUT2D eigenvalue weighted by Gasteiger charge is 2.14. The molecule has 3 aromatic heterocycles. The van der Waals surface area contributed by atoms with Gasteiger partial charge in [0.25, 0.3) is 0 Å². The first-order chi connectivity index (χ1) is 11.3. The van der Waals surface area contributed by atoms with E-state index in [1.807, 2.05) is 65.3 Å². The van der Waals surface area contributed by atoms with Gasteiger partial charge < -0.3 is 5.32 Å². The number of hydrogen-bond donors (Lipinski definition) is 1. The Morgan fingerprint density at radius 2 is 1.78 bits per heavy atom. The molecule has 1 aromatic carbocycles. The van der Waals surface area contributed by atoms with Crippen LogP contribution in [0.2, 0.25) is 0 Å². The van der Waals surface area contributed by atoms with Crippen molar-refractivity contribution in [1.82, 2.24) is 14.4 Å². The van der Waals surface area contributed by atoms with Crippen molar-refractivity contribution in [3.63, 3.8) is 0 Å². The van der Waals surface area contributed by atoms with Crippen LogP contribution in [0.25, 0.3) is 16.9 Å². The second-order valence-corrected chi connectivity index (χ2v) is 5.45. The molecule has 4 nitrogen and oxygen atoms in total. The zero-order valence-corrected chi connectivity index (χ0v) is 12.8. The van der Waals surface area contributed by atoms with Crippen molar-refractivity contribution in [3.8, 4) is 11.3 Å². The number of nitrogens with one attached hydrogen (secondary N) is 1. The summed E-state index contributed by atoms with van der Waals surface area (Å²) >= 11 is 0. The molecular weight excluding hydrogens is 284 g/mol. The first-order valence-electron chi connectivity index (χ1n) is 7.53. The lowest BCUT2D eigenvalue weighted by Gasteiger charge is -2.08. The Labute approximate surface area is 134 Å². The van der Waals surface area contributed by atoms with E-state index in [9.17, 15) is 0 Å². The molecule has 0 aliphatic heterocycles. The van der Waals surface area contributed by atoms with E-state index < -0.39 is 0 Å². The molecule has 1 N–H and O–H groups in total. The van der Waals surface area contributed by atoms with Crippen molar-refractivity contribution in [1.29, 1.82) is 0 Å². The Morgan fingerprint density at radius 1 is 0.957 bits per heavy atom. The summed E-state index contributed by atoms with van der Waals surface area (Å²) in [4.78, 5) is 9.18. The molecule has 0 spiro atoms. The highest BCUT2D eigenvalue weighted by Crippen LogP contribution is 2.30. The number of imidazole rings is 1. The number of anilines is 2. The number of aryl methyl sites for hydroxylation is 1. The summed E-state index contributed by atoms with van der Waals surface area (Å²) in [5, 5.41) is 3.42. The Morgan fingerprint density at radius 3 is 2.61 bits per heavy atom. The minimum Gasteiger partial charge on any atom is -0.324 e. The van der Waals surface area contributed by atoms with E-state index in [-0.39, 0.29) is 0 Å². The normalized spacial score (nSPS) is 10.8. The van der Waals surface area contributed by atoms with Gasteiger partial charge >= 0.3 is 0 Å². The number of rotatable bonds is 3. The summed E-state index contributed by atoms with van der Waals surface area (Å²) in [6.07, 6.45) is 3.82. The molecule has 0 aliphatic carbocycles.